The Kier molecular flexibility index (Phi) is 4.14. The van der Waals surface area contributed by atoms with Gasteiger partial charge >= 0.3 is 0 Å². The van der Waals surface area contributed by atoms with Crippen molar-refractivity contribution in [2.24, 2.45) is 0 Å². The van der Waals surface area contributed by atoms with Gasteiger partial charge in [0.05, 0.1) is 11.5 Å². The second-order valence-electron chi connectivity index (χ2n) is 4.61. The maximum Gasteiger partial charge on any atom is 0.151 e. The molecular formula is C12H16ClNO3S. The van der Waals surface area contributed by atoms with Crippen LogP contribution in [0.3, 0.4) is 0 Å². The summed E-state index contributed by atoms with van der Waals surface area (Å²) in [7, 11) is -2.91. The Morgan fingerprint density at radius 2 is 2.22 bits per heavy atom. The minimum atomic E-state index is -2.91. The Bertz CT molecular complexity index is 530. The first-order valence-electron chi connectivity index (χ1n) is 5.87. The van der Waals surface area contributed by atoms with E-state index < -0.39 is 9.84 Å². The fraction of sp³-hybridized carbons (Fsp3) is 0.500. The van der Waals surface area contributed by atoms with Crippen molar-refractivity contribution in [2.45, 2.75) is 25.4 Å². The first-order chi connectivity index (χ1) is 8.46. The van der Waals surface area contributed by atoms with E-state index in [-0.39, 0.29) is 23.3 Å². The second kappa shape index (κ2) is 5.47. The van der Waals surface area contributed by atoms with Crippen molar-refractivity contribution < 1.29 is 13.5 Å². The van der Waals surface area contributed by atoms with Crippen LogP contribution in [0.15, 0.2) is 18.2 Å². The summed E-state index contributed by atoms with van der Waals surface area (Å²) in [6, 6.07) is 4.80. The summed E-state index contributed by atoms with van der Waals surface area (Å²) in [6.45, 7) is 0.423. The van der Waals surface area contributed by atoms with Crippen LogP contribution < -0.4 is 5.32 Å². The summed E-state index contributed by atoms with van der Waals surface area (Å²) < 4.78 is 23.0. The number of rotatable bonds is 3. The van der Waals surface area contributed by atoms with Crippen LogP contribution in [0.5, 0.6) is 5.75 Å². The third-order valence-electron chi connectivity index (χ3n) is 3.09. The monoisotopic (exact) mass is 289 g/mol. The van der Waals surface area contributed by atoms with Crippen LogP contribution in [0.4, 0.5) is 0 Å². The van der Waals surface area contributed by atoms with Gasteiger partial charge in [0.25, 0.3) is 0 Å². The molecule has 1 fully saturated rings. The lowest BCUT2D eigenvalue weighted by atomic mass is 10.1. The van der Waals surface area contributed by atoms with Gasteiger partial charge in [-0.05, 0) is 31.0 Å². The number of phenols is 1. The van der Waals surface area contributed by atoms with E-state index in [9.17, 15) is 13.5 Å². The average molecular weight is 290 g/mol. The standard InChI is InChI=1S/C12H16ClNO3S/c13-10-3-4-12(15)9(6-10)7-14-11-2-1-5-18(16,17)8-11/h3-4,6,11,14-15H,1-2,5,7-8H2. The Balaban J connectivity index is 1.97. The van der Waals surface area contributed by atoms with Crippen LogP contribution in [0.1, 0.15) is 18.4 Å². The summed E-state index contributed by atoms with van der Waals surface area (Å²) in [5, 5.41) is 13.4. The molecule has 0 aromatic heterocycles. The molecule has 100 valence electrons. The maximum absolute atomic E-state index is 11.5. The highest BCUT2D eigenvalue weighted by atomic mass is 35.5. The first kappa shape index (κ1) is 13.6. The van der Waals surface area contributed by atoms with Gasteiger partial charge in [-0.1, -0.05) is 11.6 Å². The van der Waals surface area contributed by atoms with E-state index in [2.05, 4.69) is 5.32 Å². The van der Waals surface area contributed by atoms with Crippen molar-refractivity contribution in [1.29, 1.82) is 0 Å². The van der Waals surface area contributed by atoms with Crippen molar-refractivity contribution in [3.63, 3.8) is 0 Å². The molecule has 1 aliphatic rings. The largest absolute Gasteiger partial charge is 0.508 e. The molecule has 1 aromatic carbocycles. The lowest BCUT2D eigenvalue weighted by Crippen LogP contribution is -2.39. The predicted molar refractivity (Wildman–Crippen MR) is 71.6 cm³/mol. The zero-order valence-corrected chi connectivity index (χ0v) is 11.5. The summed E-state index contributed by atoms with van der Waals surface area (Å²) in [5.74, 6) is 0.632. The van der Waals surface area contributed by atoms with Crippen molar-refractivity contribution >= 4 is 21.4 Å². The van der Waals surface area contributed by atoms with Gasteiger partial charge in [-0.15, -0.1) is 0 Å². The Morgan fingerprint density at radius 3 is 2.94 bits per heavy atom. The van der Waals surface area contributed by atoms with E-state index in [1.54, 1.807) is 12.1 Å². The predicted octanol–water partition coefficient (Wildman–Crippen LogP) is 1.71. The molecule has 1 heterocycles. The molecule has 0 saturated carbocycles. The quantitative estimate of drug-likeness (QED) is 0.889. The number of nitrogens with one attached hydrogen (secondary N) is 1. The number of benzene rings is 1. The van der Waals surface area contributed by atoms with E-state index in [4.69, 9.17) is 11.6 Å². The molecule has 1 aliphatic heterocycles. The molecule has 2 rings (SSSR count). The Morgan fingerprint density at radius 1 is 1.44 bits per heavy atom. The van der Waals surface area contributed by atoms with Crippen LogP contribution in [0, 0.1) is 0 Å². The molecule has 4 nitrogen and oxygen atoms in total. The normalized spacial score (nSPS) is 22.8. The SMILES string of the molecule is O=S1(=O)CCCC(NCc2cc(Cl)ccc2O)C1. The molecule has 6 heteroatoms. The van der Waals surface area contributed by atoms with Gasteiger partial charge in [0.15, 0.2) is 9.84 Å². The lowest BCUT2D eigenvalue weighted by Gasteiger charge is -2.23. The van der Waals surface area contributed by atoms with E-state index in [1.807, 2.05) is 0 Å². The van der Waals surface area contributed by atoms with Crippen LogP contribution >= 0.6 is 11.6 Å². The molecule has 1 aromatic rings. The topological polar surface area (TPSA) is 66.4 Å². The van der Waals surface area contributed by atoms with E-state index in [1.165, 1.54) is 6.07 Å². The van der Waals surface area contributed by atoms with Crippen LogP contribution in [0.2, 0.25) is 5.02 Å². The molecule has 0 radical (unpaired) electrons. The number of halogens is 1. The van der Waals surface area contributed by atoms with Crippen LogP contribution in [-0.2, 0) is 16.4 Å². The van der Waals surface area contributed by atoms with Crippen LogP contribution in [-0.4, -0.2) is 31.1 Å². The van der Waals surface area contributed by atoms with Crippen molar-refractivity contribution in [1.82, 2.24) is 5.32 Å². The fourth-order valence-corrected chi connectivity index (χ4v) is 4.00. The fourth-order valence-electron chi connectivity index (χ4n) is 2.13. The highest BCUT2D eigenvalue weighted by molar-refractivity contribution is 7.91. The van der Waals surface area contributed by atoms with Crippen molar-refractivity contribution in [3.05, 3.63) is 28.8 Å². The molecule has 1 saturated heterocycles. The number of aromatic hydroxyl groups is 1. The summed E-state index contributed by atoms with van der Waals surface area (Å²) in [4.78, 5) is 0. The van der Waals surface area contributed by atoms with Crippen molar-refractivity contribution in [2.75, 3.05) is 11.5 Å². The highest BCUT2D eigenvalue weighted by Gasteiger charge is 2.24. The van der Waals surface area contributed by atoms with Gasteiger partial charge in [-0.3, -0.25) is 0 Å². The number of phenolic OH excluding ortho intramolecular Hbond substituents is 1. The van der Waals surface area contributed by atoms with E-state index >= 15 is 0 Å². The molecule has 18 heavy (non-hydrogen) atoms. The van der Waals surface area contributed by atoms with Gasteiger partial charge in [0.1, 0.15) is 5.75 Å². The minimum absolute atomic E-state index is 0.0397. The summed E-state index contributed by atoms with van der Waals surface area (Å²) in [6.07, 6.45) is 1.54. The van der Waals surface area contributed by atoms with Crippen molar-refractivity contribution in [3.8, 4) is 5.75 Å². The zero-order valence-electron chi connectivity index (χ0n) is 9.89. The molecule has 0 aliphatic carbocycles. The molecule has 1 unspecified atom stereocenters. The van der Waals surface area contributed by atoms with Gasteiger partial charge in [-0.25, -0.2) is 8.42 Å². The highest BCUT2D eigenvalue weighted by Crippen LogP contribution is 2.22. The molecule has 0 amide bonds. The van der Waals surface area contributed by atoms with Crippen LogP contribution in [0.25, 0.3) is 0 Å². The zero-order chi connectivity index (χ0) is 13.2. The van der Waals surface area contributed by atoms with Gasteiger partial charge in [0, 0.05) is 23.2 Å². The molecule has 2 N–H and O–H groups in total. The Labute approximate surface area is 112 Å². The summed E-state index contributed by atoms with van der Waals surface area (Å²) >= 11 is 5.85. The third kappa shape index (κ3) is 3.60. The van der Waals surface area contributed by atoms with Gasteiger partial charge < -0.3 is 10.4 Å². The second-order valence-corrected chi connectivity index (χ2v) is 7.27. The third-order valence-corrected chi connectivity index (χ3v) is 5.14. The first-order valence-corrected chi connectivity index (χ1v) is 8.07. The molecular weight excluding hydrogens is 274 g/mol. The lowest BCUT2D eigenvalue weighted by molar-refractivity contribution is 0.449. The summed E-state index contributed by atoms with van der Waals surface area (Å²) in [5.41, 5.74) is 0.686. The number of sulfone groups is 1. The van der Waals surface area contributed by atoms with E-state index in [0.717, 1.165) is 6.42 Å². The average Bonchev–Trinajstić information content (AvgIpc) is 2.29. The number of hydrogen-bond acceptors (Lipinski definition) is 4. The maximum atomic E-state index is 11.5. The minimum Gasteiger partial charge on any atom is -0.508 e. The van der Waals surface area contributed by atoms with Gasteiger partial charge in [0.2, 0.25) is 0 Å². The molecule has 0 spiro atoms. The van der Waals surface area contributed by atoms with Gasteiger partial charge in [-0.2, -0.15) is 0 Å². The molecule has 1 atom stereocenters. The number of hydrogen-bond donors (Lipinski definition) is 2. The Hall–Kier alpha value is -0.780. The van der Waals surface area contributed by atoms with E-state index in [0.29, 0.717) is 23.6 Å². The smallest absolute Gasteiger partial charge is 0.151 e. The molecule has 0 bridgehead atoms.